The summed E-state index contributed by atoms with van der Waals surface area (Å²) in [5.74, 6) is -0.0483. The quantitative estimate of drug-likeness (QED) is 0.780. The molecule has 0 aromatic rings. The number of hydrogen-bond donors (Lipinski definition) is 1. The molecule has 0 aromatic heterocycles. The van der Waals surface area contributed by atoms with Gasteiger partial charge in [0.1, 0.15) is 0 Å². The number of alkyl halides is 1. The van der Waals surface area contributed by atoms with Gasteiger partial charge < -0.3 is 0 Å². The third-order valence-corrected chi connectivity index (χ3v) is 8.36. The minimum absolute atomic E-state index is 0.00351. The Kier molecular flexibility index (Phi) is 4.50. The van der Waals surface area contributed by atoms with Crippen molar-refractivity contribution in [3.8, 4) is 0 Å². The standard InChI is InChI=1S/C11H20ClNO4S2/c1-8-2-3-9(12)6-11(8)13-19(16,17)10-4-5-18(14,15)7-10/h8-11,13H,2-7H2,1H3. The maximum absolute atomic E-state index is 12.2. The predicted molar refractivity (Wildman–Crippen MR) is 75.6 cm³/mol. The highest BCUT2D eigenvalue weighted by Crippen LogP contribution is 2.29. The van der Waals surface area contributed by atoms with Gasteiger partial charge in [0.2, 0.25) is 10.0 Å². The van der Waals surface area contributed by atoms with Gasteiger partial charge in [0.25, 0.3) is 0 Å². The molecule has 2 aliphatic rings. The number of nitrogens with one attached hydrogen (secondary N) is 1. The van der Waals surface area contributed by atoms with Gasteiger partial charge in [-0.25, -0.2) is 21.6 Å². The Morgan fingerprint density at radius 3 is 2.47 bits per heavy atom. The van der Waals surface area contributed by atoms with Gasteiger partial charge in [-0.15, -0.1) is 11.6 Å². The van der Waals surface area contributed by atoms with Crippen LogP contribution in [0.2, 0.25) is 0 Å². The van der Waals surface area contributed by atoms with Crippen molar-refractivity contribution in [3.63, 3.8) is 0 Å². The summed E-state index contributed by atoms with van der Waals surface area (Å²) in [6.45, 7) is 2.00. The van der Waals surface area contributed by atoms with Crippen molar-refractivity contribution in [2.24, 2.45) is 5.92 Å². The molecular formula is C11H20ClNO4S2. The lowest BCUT2D eigenvalue weighted by atomic mass is 9.86. The Balaban J connectivity index is 2.05. The van der Waals surface area contributed by atoms with Gasteiger partial charge in [0.15, 0.2) is 9.84 Å². The maximum atomic E-state index is 12.2. The van der Waals surface area contributed by atoms with Crippen LogP contribution in [0.4, 0.5) is 0 Å². The van der Waals surface area contributed by atoms with Gasteiger partial charge in [-0.2, -0.15) is 0 Å². The normalized spacial score (nSPS) is 39.3. The summed E-state index contributed by atoms with van der Waals surface area (Å²) in [4.78, 5) is 0. The molecule has 8 heteroatoms. The Hall–Kier alpha value is 0.150. The van der Waals surface area contributed by atoms with Crippen LogP contribution in [0.5, 0.6) is 0 Å². The van der Waals surface area contributed by atoms with Crippen LogP contribution in [0, 0.1) is 5.92 Å². The zero-order valence-electron chi connectivity index (χ0n) is 10.9. The van der Waals surface area contributed by atoms with Crippen LogP contribution in [-0.2, 0) is 19.9 Å². The van der Waals surface area contributed by atoms with Crippen molar-refractivity contribution in [2.45, 2.75) is 49.3 Å². The second kappa shape index (κ2) is 5.50. The summed E-state index contributed by atoms with van der Waals surface area (Å²) >= 11 is 6.08. The van der Waals surface area contributed by atoms with E-state index < -0.39 is 25.1 Å². The highest BCUT2D eigenvalue weighted by Gasteiger charge is 2.39. The molecule has 4 atom stereocenters. The number of rotatable bonds is 3. The highest BCUT2D eigenvalue weighted by atomic mass is 35.5. The molecule has 5 nitrogen and oxygen atoms in total. The van der Waals surface area contributed by atoms with E-state index in [2.05, 4.69) is 4.72 Å². The predicted octanol–water partition coefficient (Wildman–Crippen LogP) is 0.889. The molecule has 19 heavy (non-hydrogen) atoms. The fraction of sp³-hybridized carbons (Fsp3) is 1.00. The average Bonchev–Trinajstić information content (AvgIpc) is 2.65. The van der Waals surface area contributed by atoms with Crippen LogP contribution in [0.3, 0.4) is 0 Å². The molecule has 0 bridgehead atoms. The van der Waals surface area contributed by atoms with Crippen molar-refractivity contribution in [1.82, 2.24) is 4.72 Å². The molecule has 2 fully saturated rings. The van der Waals surface area contributed by atoms with Crippen molar-refractivity contribution in [1.29, 1.82) is 0 Å². The molecule has 0 radical (unpaired) electrons. The average molecular weight is 330 g/mol. The van der Waals surface area contributed by atoms with E-state index in [1.807, 2.05) is 6.92 Å². The van der Waals surface area contributed by atoms with Gasteiger partial charge in [-0.1, -0.05) is 6.92 Å². The summed E-state index contributed by atoms with van der Waals surface area (Å²) in [7, 11) is -6.76. The minimum Gasteiger partial charge on any atom is -0.229 e. The number of sulfone groups is 1. The van der Waals surface area contributed by atoms with Crippen molar-refractivity contribution in [2.75, 3.05) is 11.5 Å². The van der Waals surface area contributed by atoms with Gasteiger partial charge in [-0.05, 0) is 31.6 Å². The largest absolute Gasteiger partial charge is 0.229 e. The maximum Gasteiger partial charge on any atom is 0.215 e. The van der Waals surface area contributed by atoms with E-state index in [4.69, 9.17) is 11.6 Å². The van der Waals surface area contributed by atoms with Crippen LogP contribution in [-0.4, -0.2) is 45.0 Å². The summed E-state index contributed by atoms with van der Waals surface area (Å²) in [6, 6.07) is -0.176. The molecule has 1 saturated carbocycles. The molecule has 0 aromatic carbocycles. The monoisotopic (exact) mass is 329 g/mol. The van der Waals surface area contributed by atoms with Gasteiger partial charge in [0.05, 0.1) is 16.8 Å². The Labute approximate surface area is 120 Å². The smallest absolute Gasteiger partial charge is 0.215 e. The summed E-state index contributed by atoms with van der Waals surface area (Å²) < 4.78 is 49.9. The van der Waals surface area contributed by atoms with E-state index in [1.54, 1.807) is 0 Å². The first-order valence-corrected chi connectivity index (χ1v) is 10.4. The van der Waals surface area contributed by atoms with Crippen molar-refractivity contribution < 1.29 is 16.8 Å². The van der Waals surface area contributed by atoms with Gasteiger partial charge in [-0.3, -0.25) is 0 Å². The van der Waals surface area contributed by atoms with Crippen LogP contribution < -0.4 is 4.72 Å². The topological polar surface area (TPSA) is 80.3 Å². The fourth-order valence-corrected chi connectivity index (χ4v) is 7.47. The lowest BCUT2D eigenvalue weighted by Crippen LogP contribution is -2.47. The zero-order chi connectivity index (χ0) is 14.3. The first-order chi connectivity index (χ1) is 8.70. The van der Waals surface area contributed by atoms with Crippen LogP contribution >= 0.6 is 11.6 Å². The van der Waals surface area contributed by atoms with E-state index in [1.165, 1.54) is 0 Å². The van der Waals surface area contributed by atoms with Gasteiger partial charge >= 0.3 is 0 Å². The third kappa shape index (κ3) is 3.83. The first kappa shape index (κ1) is 15.5. The number of sulfonamides is 1. The number of halogens is 1. The SMILES string of the molecule is CC1CCC(Cl)CC1NS(=O)(=O)C1CCS(=O)(=O)C1. The minimum atomic E-state index is -3.57. The second-order valence-corrected chi connectivity index (χ2v) is 10.5. The van der Waals surface area contributed by atoms with E-state index in [-0.39, 0.29) is 35.3 Å². The molecule has 1 aliphatic carbocycles. The van der Waals surface area contributed by atoms with Crippen LogP contribution in [0.15, 0.2) is 0 Å². The van der Waals surface area contributed by atoms with Crippen LogP contribution in [0.1, 0.15) is 32.6 Å². The van der Waals surface area contributed by atoms with E-state index in [0.717, 1.165) is 12.8 Å². The van der Waals surface area contributed by atoms with Crippen LogP contribution in [0.25, 0.3) is 0 Å². The molecule has 0 spiro atoms. The molecule has 112 valence electrons. The number of hydrogen-bond acceptors (Lipinski definition) is 4. The molecular weight excluding hydrogens is 310 g/mol. The van der Waals surface area contributed by atoms with Crippen molar-refractivity contribution >= 4 is 31.5 Å². The summed E-state index contributed by atoms with van der Waals surface area (Å²) in [6.07, 6.45) is 2.60. The Morgan fingerprint density at radius 1 is 1.21 bits per heavy atom. The van der Waals surface area contributed by atoms with Gasteiger partial charge in [0, 0.05) is 11.4 Å². The Bertz CT molecular complexity index is 531. The highest BCUT2D eigenvalue weighted by molar-refractivity contribution is 7.95. The molecule has 1 N–H and O–H groups in total. The third-order valence-electron chi connectivity index (χ3n) is 4.08. The molecule has 1 heterocycles. The molecule has 4 unspecified atom stereocenters. The lowest BCUT2D eigenvalue weighted by molar-refractivity contribution is 0.313. The van der Waals surface area contributed by atoms with E-state index >= 15 is 0 Å². The molecule has 1 aliphatic heterocycles. The molecule has 0 amide bonds. The molecule has 2 rings (SSSR count). The summed E-state index contributed by atoms with van der Waals surface area (Å²) in [5.41, 5.74) is 0. The first-order valence-electron chi connectivity index (χ1n) is 6.55. The van der Waals surface area contributed by atoms with Crippen molar-refractivity contribution in [3.05, 3.63) is 0 Å². The molecule has 1 saturated heterocycles. The lowest BCUT2D eigenvalue weighted by Gasteiger charge is -2.32. The Morgan fingerprint density at radius 2 is 1.89 bits per heavy atom. The second-order valence-electron chi connectivity index (χ2n) is 5.68. The summed E-state index contributed by atoms with van der Waals surface area (Å²) in [5, 5.41) is -0.809. The van der Waals surface area contributed by atoms with E-state index in [9.17, 15) is 16.8 Å². The fourth-order valence-electron chi connectivity index (χ4n) is 2.75. The van der Waals surface area contributed by atoms with E-state index in [0.29, 0.717) is 6.42 Å². The zero-order valence-corrected chi connectivity index (χ0v) is 13.3.